The summed E-state index contributed by atoms with van der Waals surface area (Å²) in [5.74, 6) is -0.0225. The first kappa shape index (κ1) is 16.2. The molecular formula is C13H21Br2NO2. The van der Waals surface area contributed by atoms with Crippen LogP contribution < -0.4 is 0 Å². The summed E-state index contributed by atoms with van der Waals surface area (Å²) in [6, 6.07) is 0. The van der Waals surface area contributed by atoms with Gasteiger partial charge in [-0.1, -0.05) is 42.6 Å². The first-order valence-corrected chi connectivity index (χ1v) is 8.43. The van der Waals surface area contributed by atoms with Gasteiger partial charge >= 0.3 is 0 Å². The fourth-order valence-electron chi connectivity index (χ4n) is 2.09. The lowest BCUT2D eigenvalue weighted by molar-refractivity contribution is -0.139. The van der Waals surface area contributed by atoms with Crippen LogP contribution in [-0.4, -0.2) is 33.5 Å². The Labute approximate surface area is 126 Å². The number of halogens is 2. The second kappa shape index (κ2) is 7.06. The highest BCUT2D eigenvalue weighted by molar-refractivity contribution is 9.12. The number of unbranched alkanes of at least 4 members (excludes halogenated alkanes) is 2. The van der Waals surface area contributed by atoms with Crippen molar-refractivity contribution in [3.63, 3.8) is 0 Å². The van der Waals surface area contributed by atoms with Crippen LogP contribution >= 0.6 is 31.9 Å². The lowest BCUT2D eigenvalue weighted by Gasteiger charge is -2.33. The van der Waals surface area contributed by atoms with Crippen molar-refractivity contribution in [2.45, 2.75) is 51.7 Å². The Hall–Kier alpha value is 0.130. The van der Waals surface area contributed by atoms with Gasteiger partial charge in [0.25, 0.3) is 5.91 Å². The topological polar surface area (TPSA) is 40.5 Å². The van der Waals surface area contributed by atoms with Crippen LogP contribution in [0.1, 0.15) is 46.0 Å². The Morgan fingerprint density at radius 2 is 1.89 bits per heavy atom. The molecule has 1 unspecified atom stereocenters. The first-order valence-electron chi connectivity index (χ1n) is 6.52. The van der Waals surface area contributed by atoms with Crippen LogP contribution in [0.5, 0.6) is 0 Å². The lowest BCUT2D eigenvalue weighted by atomic mass is 10.1. The molecule has 0 saturated heterocycles. The normalized spacial score (nSPS) is 24.3. The number of rotatable bonds is 7. The van der Waals surface area contributed by atoms with Gasteiger partial charge in [-0.3, -0.25) is 4.79 Å². The van der Waals surface area contributed by atoms with E-state index in [9.17, 15) is 9.90 Å². The summed E-state index contributed by atoms with van der Waals surface area (Å²) in [7, 11) is 0. The van der Waals surface area contributed by atoms with Gasteiger partial charge in [-0.2, -0.15) is 0 Å². The molecule has 0 aliphatic carbocycles. The van der Waals surface area contributed by atoms with E-state index in [1.807, 2.05) is 0 Å². The Kier molecular flexibility index (Phi) is 6.35. The van der Waals surface area contributed by atoms with Crippen molar-refractivity contribution in [1.82, 2.24) is 4.90 Å². The smallest absolute Gasteiger partial charge is 0.253 e. The molecule has 1 aliphatic rings. The van der Waals surface area contributed by atoms with Gasteiger partial charge in [0.2, 0.25) is 0 Å². The number of nitrogens with zero attached hydrogens (tertiary/aromatic N) is 1. The molecule has 5 heteroatoms. The van der Waals surface area contributed by atoms with Crippen LogP contribution in [0.4, 0.5) is 0 Å². The van der Waals surface area contributed by atoms with Crippen molar-refractivity contribution >= 4 is 37.8 Å². The minimum Gasteiger partial charge on any atom is -0.366 e. The summed E-state index contributed by atoms with van der Waals surface area (Å²) in [6.45, 7) is 4.77. The molecule has 0 saturated carbocycles. The molecular weight excluding hydrogens is 362 g/mol. The van der Waals surface area contributed by atoms with Gasteiger partial charge in [0.1, 0.15) is 0 Å². The van der Waals surface area contributed by atoms with Crippen molar-refractivity contribution < 1.29 is 9.90 Å². The van der Waals surface area contributed by atoms with Crippen LogP contribution in [0.15, 0.2) is 10.1 Å². The van der Waals surface area contributed by atoms with Gasteiger partial charge in [0.15, 0.2) is 5.72 Å². The summed E-state index contributed by atoms with van der Waals surface area (Å²) >= 11 is 6.75. The van der Waals surface area contributed by atoms with E-state index in [0.29, 0.717) is 16.4 Å². The van der Waals surface area contributed by atoms with Crippen molar-refractivity contribution in [3.8, 4) is 0 Å². The molecule has 1 aliphatic heterocycles. The van der Waals surface area contributed by atoms with Gasteiger partial charge < -0.3 is 10.0 Å². The van der Waals surface area contributed by atoms with E-state index in [1.165, 1.54) is 0 Å². The number of amides is 1. The largest absolute Gasteiger partial charge is 0.366 e. The van der Waals surface area contributed by atoms with E-state index >= 15 is 0 Å². The highest BCUT2D eigenvalue weighted by atomic mass is 79.9. The summed E-state index contributed by atoms with van der Waals surface area (Å²) in [4.78, 5) is 13.9. The molecule has 0 bridgehead atoms. The van der Waals surface area contributed by atoms with Gasteiger partial charge in [-0.25, -0.2) is 0 Å². The van der Waals surface area contributed by atoms with Gasteiger partial charge in [-0.15, -0.1) is 0 Å². The SMILES string of the molecule is CCCCC1=C(Br)C(O)(CBr)N(CCCC)C1=O. The molecule has 1 atom stereocenters. The van der Waals surface area contributed by atoms with Gasteiger partial charge in [0, 0.05) is 12.1 Å². The van der Waals surface area contributed by atoms with Crippen LogP contribution in [0.25, 0.3) is 0 Å². The van der Waals surface area contributed by atoms with Gasteiger partial charge in [0.05, 0.1) is 9.81 Å². The lowest BCUT2D eigenvalue weighted by Crippen LogP contribution is -2.49. The van der Waals surface area contributed by atoms with E-state index in [1.54, 1.807) is 4.90 Å². The number of carbonyl (C=O) groups is 1. The molecule has 0 fully saturated rings. The zero-order chi connectivity index (χ0) is 13.8. The van der Waals surface area contributed by atoms with E-state index in [4.69, 9.17) is 0 Å². The van der Waals surface area contributed by atoms with Gasteiger partial charge in [-0.05, 0) is 35.2 Å². The van der Waals surface area contributed by atoms with E-state index in [0.717, 1.165) is 37.7 Å². The van der Waals surface area contributed by atoms with Crippen LogP contribution in [0.3, 0.4) is 0 Å². The molecule has 0 radical (unpaired) electrons. The summed E-state index contributed by atoms with van der Waals surface area (Å²) in [5, 5.41) is 11.0. The van der Waals surface area contributed by atoms with Crippen molar-refractivity contribution in [2.75, 3.05) is 11.9 Å². The average Bonchev–Trinajstić information content (AvgIpc) is 2.55. The van der Waals surface area contributed by atoms with E-state index in [2.05, 4.69) is 45.7 Å². The molecule has 3 nitrogen and oxygen atoms in total. The van der Waals surface area contributed by atoms with Crippen molar-refractivity contribution in [1.29, 1.82) is 0 Å². The minimum absolute atomic E-state index is 0.0225. The number of aliphatic hydroxyl groups is 1. The maximum Gasteiger partial charge on any atom is 0.253 e. The standard InChI is InChI=1S/C13H21Br2NO2/c1-3-5-7-10-11(15)13(18,9-14)16(12(10)17)8-6-4-2/h18H,3-9H2,1-2H3. The van der Waals surface area contributed by atoms with Crippen LogP contribution in [-0.2, 0) is 4.79 Å². The van der Waals surface area contributed by atoms with Crippen LogP contribution in [0, 0.1) is 0 Å². The number of hydrogen-bond donors (Lipinski definition) is 1. The first-order chi connectivity index (χ1) is 8.52. The molecule has 104 valence electrons. The molecule has 18 heavy (non-hydrogen) atoms. The molecule has 1 heterocycles. The monoisotopic (exact) mass is 381 g/mol. The number of carbonyl (C=O) groups excluding carboxylic acids is 1. The zero-order valence-corrected chi connectivity index (χ0v) is 14.2. The third-order valence-electron chi connectivity index (χ3n) is 3.27. The predicted molar refractivity (Wildman–Crippen MR) is 80.8 cm³/mol. The number of hydrogen-bond acceptors (Lipinski definition) is 2. The van der Waals surface area contributed by atoms with E-state index < -0.39 is 5.72 Å². The third kappa shape index (κ3) is 2.99. The quantitative estimate of drug-likeness (QED) is 0.684. The Morgan fingerprint density at radius 3 is 2.39 bits per heavy atom. The fourth-order valence-corrected chi connectivity index (χ4v) is 3.77. The number of alkyl halides is 1. The molecule has 0 spiro atoms. The molecule has 1 amide bonds. The highest BCUT2D eigenvalue weighted by Gasteiger charge is 2.48. The summed E-state index contributed by atoms with van der Waals surface area (Å²) in [6.07, 6.45) is 4.65. The van der Waals surface area contributed by atoms with E-state index in [-0.39, 0.29) is 5.91 Å². The Bertz CT molecular complexity index is 344. The van der Waals surface area contributed by atoms with Crippen molar-refractivity contribution in [2.24, 2.45) is 0 Å². The zero-order valence-electron chi connectivity index (χ0n) is 11.0. The molecule has 0 aromatic heterocycles. The predicted octanol–water partition coefficient (Wildman–Crippen LogP) is 3.55. The Morgan fingerprint density at radius 1 is 1.28 bits per heavy atom. The highest BCUT2D eigenvalue weighted by Crippen LogP contribution is 2.40. The van der Waals surface area contributed by atoms with Crippen molar-refractivity contribution in [3.05, 3.63) is 10.1 Å². The second-order valence-corrected chi connectivity index (χ2v) is 6.01. The summed E-state index contributed by atoms with van der Waals surface area (Å²) < 4.78 is 0.640. The average molecular weight is 383 g/mol. The molecule has 1 rings (SSSR count). The second-order valence-electron chi connectivity index (χ2n) is 4.66. The Balaban J connectivity index is 2.95. The summed E-state index contributed by atoms with van der Waals surface area (Å²) in [5.41, 5.74) is -0.468. The maximum atomic E-state index is 12.4. The molecule has 0 aromatic rings. The maximum absolute atomic E-state index is 12.4. The third-order valence-corrected chi connectivity index (χ3v) is 5.16. The molecule has 0 aromatic carbocycles. The van der Waals surface area contributed by atoms with Crippen LogP contribution in [0.2, 0.25) is 0 Å². The fraction of sp³-hybridized carbons (Fsp3) is 0.769. The minimum atomic E-state index is -1.20. The molecule has 1 N–H and O–H groups in total.